The number of nitrogens with zero attached hydrogens (tertiary/aromatic N) is 4. The minimum absolute atomic E-state index is 0.401. The average molecular weight is 430 g/mol. The van der Waals surface area contributed by atoms with Crippen LogP contribution in [0.2, 0.25) is 0 Å². The summed E-state index contributed by atoms with van der Waals surface area (Å²) >= 11 is 0. The molecule has 0 radical (unpaired) electrons. The zero-order valence-electron chi connectivity index (χ0n) is 16.9. The Morgan fingerprint density at radius 1 is 1.32 bits per heavy atom. The maximum Gasteiger partial charge on any atom is 0.405 e. The summed E-state index contributed by atoms with van der Waals surface area (Å²) in [5, 5.41) is 4.25. The molecule has 2 amide bonds. The molecule has 2 aromatic rings. The predicted molar refractivity (Wildman–Crippen MR) is 111 cm³/mol. The first-order valence-electron chi connectivity index (χ1n) is 9.61. The number of fused-ring (bicyclic) bond motifs is 1. The topological polar surface area (TPSA) is 74.6 Å². The molecule has 2 N–H and O–H groups in total. The molecule has 1 atom stereocenters. The molecule has 7 nitrogen and oxygen atoms in total. The van der Waals surface area contributed by atoms with Gasteiger partial charge in [0.15, 0.2) is 0 Å². The van der Waals surface area contributed by atoms with E-state index in [0.717, 1.165) is 22.8 Å². The van der Waals surface area contributed by atoms with E-state index >= 15 is 0 Å². The van der Waals surface area contributed by atoms with Crippen molar-refractivity contribution in [2.45, 2.75) is 25.6 Å². The lowest BCUT2D eigenvalue weighted by molar-refractivity contribution is -0.122. The molecule has 0 saturated heterocycles. The van der Waals surface area contributed by atoms with E-state index in [0.29, 0.717) is 12.2 Å². The third-order valence-electron chi connectivity index (χ3n) is 5.20. The summed E-state index contributed by atoms with van der Waals surface area (Å²) < 4.78 is 38.8. The number of imidazole rings is 1. The summed E-state index contributed by atoms with van der Waals surface area (Å²) in [6, 6.07) is 6.12. The van der Waals surface area contributed by atoms with Gasteiger partial charge in [0.2, 0.25) is 0 Å². The number of allylic oxidation sites excluding steroid dienone is 2. The summed E-state index contributed by atoms with van der Waals surface area (Å²) in [5.41, 5.74) is 2.63. The van der Waals surface area contributed by atoms with Crippen LogP contribution in [0.15, 0.2) is 60.1 Å². The monoisotopic (exact) mass is 430 g/mol. The predicted octanol–water partition coefficient (Wildman–Crippen LogP) is 3.87. The number of amidine groups is 1. The average Bonchev–Trinajstić information content (AvgIpc) is 3.30. The smallest absolute Gasteiger partial charge is 0.329 e. The third kappa shape index (κ3) is 4.32. The van der Waals surface area contributed by atoms with Gasteiger partial charge in [-0.2, -0.15) is 13.2 Å². The first-order chi connectivity index (χ1) is 14.6. The van der Waals surface area contributed by atoms with Crippen molar-refractivity contribution in [3.63, 3.8) is 0 Å². The summed E-state index contributed by atoms with van der Waals surface area (Å²) in [4.78, 5) is 22.8. The standard InChI is InChI=1S/C21H21F3N6O/c1-14-10-29(13-27-14)17-6-7-30-18(9-17)25-11-20(30,2)15-4-3-5-16(8-15)28-19(31)26-12-21(22,23)24/h3-10,13H,11-12H2,1-2H3,(H2,26,28,31). The van der Waals surface area contributed by atoms with Gasteiger partial charge in [-0.05, 0) is 37.6 Å². The number of benzene rings is 1. The van der Waals surface area contributed by atoms with Crippen LogP contribution in [0.1, 0.15) is 18.2 Å². The molecule has 0 spiro atoms. The van der Waals surface area contributed by atoms with Gasteiger partial charge in [0.1, 0.15) is 12.4 Å². The molecule has 2 aliphatic rings. The van der Waals surface area contributed by atoms with E-state index in [4.69, 9.17) is 0 Å². The van der Waals surface area contributed by atoms with Crippen LogP contribution in [0.3, 0.4) is 0 Å². The minimum atomic E-state index is -4.47. The highest BCUT2D eigenvalue weighted by Crippen LogP contribution is 2.37. The first-order valence-corrected chi connectivity index (χ1v) is 9.61. The number of alkyl halides is 3. The number of anilines is 1. The number of amides is 2. The highest BCUT2D eigenvalue weighted by atomic mass is 19.4. The van der Waals surface area contributed by atoms with E-state index in [1.807, 2.05) is 53.9 Å². The van der Waals surface area contributed by atoms with Gasteiger partial charge in [0.25, 0.3) is 0 Å². The van der Waals surface area contributed by atoms with Crippen LogP contribution in [-0.4, -0.2) is 45.6 Å². The molecule has 3 heterocycles. The summed E-state index contributed by atoms with van der Waals surface area (Å²) in [5.74, 6) is 0.799. The number of urea groups is 1. The Bertz CT molecular complexity index is 1100. The number of halogens is 3. The Morgan fingerprint density at radius 2 is 2.13 bits per heavy atom. The van der Waals surface area contributed by atoms with Crippen molar-refractivity contribution in [2.75, 3.05) is 18.4 Å². The second kappa shape index (κ2) is 7.60. The van der Waals surface area contributed by atoms with Crippen molar-refractivity contribution in [2.24, 2.45) is 4.99 Å². The number of nitrogens with one attached hydrogen (secondary N) is 2. The van der Waals surface area contributed by atoms with Crippen LogP contribution in [-0.2, 0) is 5.54 Å². The van der Waals surface area contributed by atoms with E-state index < -0.39 is 24.3 Å². The van der Waals surface area contributed by atoms with Crippen molar-refractivity contribution >= 4 is 23.3 Å². The largest absolute Gasteiger partial charge is 0.405 e. The van der Waals surface area contributed by atoms with E-state index in [1.165, 1.54) is 0 Å². The number of aliphatic imine (C=N–C) groups is 1. The molecule has 2 aliphatic heterocycles. The van der Waals surface area contributed by atoms with Gasteiger partial charge < -0.3 is 20.1 Å². The van der Waals surface area contributed by atoms with Crippen molar-refractivity contribution in [1.82, 2.24) is 19.8 Å². The maximum absolute atomic E-state index is 12.3. The van der Waals surface area contributed by atoms with Gasteiger partial charge in [0.05, 0.1) is 29.8 Å². The van der Waals surface area contributed by atoms with Crippen LogP contribution in [0.5, 0.6) is 0 Å². The van der Waals surface area contributed by atoms with Crippen molar-refractivity contribution < 1.29 is 18.0 Å². The molecule has 162 valence electrons. The second-order valence-corrected chi connectivity index (χ2v) is 7.63. The molecule has 1 unspecified atom stereocenters. The molecule has 0 saturated carbocycles. The van der Waals surface area contributed by atoms with Gasteiger partial charge in [-0.15, -0.1) is 0 Å². The Hall–Kier alpha value is -3.56. The summed E-state index contributed by atoms with van der Waals surface area (Å²) in [6.07, 6.45) is 5.10. The molecule has 0 fully saturated rings. The highest BCUT2D eigenvalue weighted by Gasteiger charge is 2.40. The zero-order chi connectivity index (χ0) is 22.2. The first kappa shape index (κ1) is 20.7. The molecule has 4 rings (SSSR count). The van der Waals surface area contributed by atoms with Crippen LogP contribution in [0, 0.1) is 6.92 Å². The molecular formula is C21H21F3N6O. The molecule has 0 aliphatic carbocycles. The lowest BCUT2D eigenvalue weighted by Gasteiger charge is -2.36. The minimum Gasteiger partial charge on any atom is -0.329 e. The fourth-order valence-corrected chi connectivity index (χ4v) is 3.57. The lowest BCUT2D eigenvalue weighted by Crippen LogP contribution is -2.41. The third-order valence-corrected chi connectivity index (χ3v) is 5.20. The number of aryl methyl sites for hydroxylation is 1. The normalized spacial score (nSPS) is 20.2. The van der Waals surface area contributed by atoms with Gasteiger partial charge in [-0.1, -0.05) is 12.1 Å². The maximum atomic E-state index is 12.3. The van der Waals surface area contributed by atoms with E-state index in [2.05, 4.69) is 15.3 Å². The van der Waals surface area contributed by atoms with Crippen LogP contribution in [0.25, 0.3) is 5.70 Å². The van der Waals surface area contributed by atoms with Crippen molar-refractivity contribution in [3.8, 4) is 0 Å². The van der Waals surface area contributed by atoms with Gasteiger partial charge in [-0.25, -0.2) is 9.78 Å². The molecule has 31 heavy (non-hydrogen) atoms. The number of aromatic nitrogens is 2. The van der Waals surface area contributed by atoms with Crippen LogP contribution >= 0.6 is 0 Å². The molecule has 1 aromatic heterocycles. The fourth-order valence-electron chi connectivity index (χ4n) is 3.57. The summed E-state index contributed by atoms with van der Waals surface area (Å²) in [6.45, 7) is 3.04. The Balaban J connectivity index is 1.50. The number of carbonyl (C=O) groups excluding carboxylic acids is 1. The second-order valence-electron chi connectivity index (χ2n) is 7.63. The van der Waals surface area contributed by atoms with Crippen molar-refractivity contribution in [3.05, 3.63) is 66.4 Å². The molecular weight excluding hydrogens is 409 g/mol. The van der Waals surface area contributed by atoms with Crippen LogP contribution < -0.4 is 10.6 Å². The number of rotatable bonds is 4. The molecule has 0 bridgehead atoms. The van der Waals surface area contributed by atoms with Gasteiger partial charge in [-0.3, -0.25) is 4.99 Å². The SMILES string of the molecule is Cc1cn(C2=CC3=NCC(C)(c4cccc(NC(=O)NCC(F)(F)F)c4)N3C=C2)cn1. The van der Waals surface area contributed by atoms with Gasteiger partial charge >= 0.3 is 12.2 Å². The summed E-state index contributed by atoms with van der Waals surface area (Å²) in [7, 11) is 0. The lowest BCUT2D eigenvalue weighted by atomic mass is 9.90. The number of hydrogen-bond acceptors (Lipinski definition) is 4. The number of carbonyl (C=O) groups is 1. The zero-order valence-corrected chi connectivity index (χ0v) is 16.9. The van der Waals surface area contributed by atoms with Crippen molar-refractivity contribution in [1.29, 1.82) is 0 Å². The van der Waals surface area contributed by atoms with E-state index in [-0.39, 0.29) is 0 Å². The Morgan fingerprint density at radius 3 is 2.84 bits per heavy atom. The quantitative estimate of drug-likeness (QED) is 0.773. The van der Waals surface area contributed by atoms with E-state index in [9.17, 15) is 18.0 Å². The Kier molecular flexibility index (Phi) is 5.08. The fraction of sp³-hybridized carbons (Fsp3) is 0.286. The Labute approximate surface area is 177 Å². The van der Waals surface area contributed by atoms with E-state index in [1.54, 1.807) is 29.8 Å². The molecule has 10 heteroatoms. The molecule has 1 aromatic carbocycles. The van der Waals surface area contributed by atoms with Crippen LogP contribution in [0.4, 0.5) is 23.7 Å². The highest BCUT2D eigenvalue weighted by molar-refractivity contribution is 6.02. The van der Waals surface area contributed by atoms with Gasteiger partial charge in [0, 0.05) is 24.2 Å². The number of hydrogen-bond donors (Lipinski definition) is 2.